The van der Waals surface area contributed by atoms with Gasteiger partial charge < -0.3 is 8.94 Å². The van der Waals surface area contributed by atoms with E-state index < -0.39 is 0 Å². The monoisotopic (exact) mass is 332 g/mol. The Kier molecular flexibility index (Phi) is 13.4. The van der Waals surface area contributed by atoms with Crippen LogP contribution in [-0.2, 0) is 25.0 Å². The standard InChI is InChI=1S/C8H13NO.C5H8N2O.C2H6.V/c1-4-8-9-7(5-10-8)6(2)3;1-4(2)5-6-3-8-7-5;1-2;/h5-6H,4H2,1-3H3;3-4H,1-2H3;1-2H3;. The molecule has 21 heavy (non-hydrogen) atoms. The molecule has 0 unspecified atom stereocenters. The minimum absolute atomic E-state index is 0. The van der Waals surface area contributed by atoms with Crippen molar-refractivity contribution in [3.05, 3.63) is 30.1 Å². The van der Waals surface area contributed by atoms with E-state index in [4.69, 9.17) is 4.42 Å². The maximum atomic E-state index is 5.16. The summed E-state index contributed by atoms with van der Waals surface area (Å²) in [5, 5.41) is 3.63. The first-order valence-electron chi connectivity index (χ1n) is 7.25. The fourth-order valence-corrected chi connectivity index (χ4v) is 1.19. The fourth-order valence-electron chi connectivity index (χ4n) is 1.19. The van der Waals surface area contributed by atoms with E-state index >= 15 is 0 Å². The second-order valence-corrected chi connectivity index (χ2v) is 4.62. The van der Waals surface area contributed by atoms with E-state index in [-0.39, 0.29) is 18.6 Å². The van der Waals surface area contributed by atoms with Crippen LogP contribution >= 0.6 is 0 Å². The molecule has 0 bridgehead atoms. The van der Waals surface area contributed by atoms with E-state index in [1.54, 1.807) is 6.26 Å². The van der Waals surface area contributed by atoms with Crippen LogP contribution in [0.25, 0.3) is 0 Å². The number of aryl methyl sites for hydroxylation is 1. The van der Waals surface area contributed by atoms with Gasteiger partial charge >= 0.3 is 0 Å². The van der Waals surface area contributed by atoms with Crippen LogP contribution in [0.5, 0.6) is 0 Å². The van der Waals surface area contributed by atoms with Crippen LogP contribution in [0.15, 0.2) is 21.6 Å². The van der Waals surface area contributed by atoms with Gasteiger partial charge in [0.05, 0.1) is 5.69 Å². The molecule has 0 saturated heterocycles. The molecule has 0 N–H and O–H groups in total. The van der Waals surface area contributed by atoms with Gasteiger partial charge in [0.1, 0.15) is 6.26 Å². The van der Waals surface area contributed by atoms with Gasteiger partial charge in [0.25, 0.3) is 0 Å². The molecule has 0 aliphatic carbocycles. The maximum Gasteiger partial charge on any atom is 0.213 e. The molecule has 2 aromatic heterocycles. The number of hydrogen-bond donors (Lipinski definition) is 0. The van der Waals surface area contributed by atoms with Gasteiger partial charge in [-0.25, -0.2) is 4.98 Å². The minimum Gasteiger partial charge on any atom is -0.449 e. The van der Waals surface area contributed by atoms with Gasteiger partial charge in [0, 0.05) is 30.9 Å². The van der Waals surface area contributed by atoms with Crippen LogP contribution in [0.3, 0.4) is 0 Å². The van der Waals surface area contributed by atoms with Crippen LogP contribution in [-0.4, -0.2) is 15.1 Å². The number of nitrogens with zero attached hydrogens (tertiary/aromatic N) is 3. The molecule has 2 rings (SSSR count). The van der Waals surface area contributed by atoms with Crippen LogP contribution < -0.4 is 0 Å². The zero-order chi connectivity index (χ0) is 15.5. The van der Waals surface area contributed by atoms with E-state index in [1.807, 2.05) is 34.6 Å². The summed E-state index contributed by atoms with van der Waals surface area (Å²) in [6, 6.07) is 0. The number of aromatic nitrogens is 3. The van der Waals surface area contributed by atoms with Gasteiger partial charge in [-0.05, 0) is 5.92 Å². The van der Waals surface area contributed by atoms with Crippen molar-refractivity contribution in [1.82, 2.24) is 15.1 Å². The van der Waals surface area contributed by atoms with E-state index in [2.05, 4.69) is 33.5 Å². The quantitative estimate of drug-likeness (QED) is 0.823. The first-order chi connectivity index (χ1) is 9.54. The zero-order valence-electron chi connectivity index (χ0n) is 14.1. The molecule has 1 radical (unpaired) electrons. The summed E-state index contributed by atoms with van der Waals surface area (Å²) in [6.45, 7) is 14.3. The Hall–Kier alpha value is -1.07. The van der Waals surface area contributed by atoms with Gasteiger partial charge in [-0.3, -0.25) is 0 Å². The predicted molar refractivity (Wildman–Crippen MR) is 79.7 cm³/mol. The van der Waals surface area contributed by atoms with Crippen molar-refractivity contribution in [2.24, 2.45) is 0 Å². The maximum absolute atomic E-state index is 5.16. The second kappa shape index (κ2) is 12.7. The van der Waals surface area contributed by atoms with Crippen LogP contribution in [0, 0.1) is 0 Å². The van der Waals surface area contributed by atoms with Crippen molar-refractivity contribution in [2.75, 3.05) is 0 Å². The zero-order valence-corrected chi connectivity index (χ0v) is 15.5. The Bertz CT molecular complexity index is 439. The van der Waals surface area contributed by atoms with Crippen LogP contribution in [0.1, 0.15) is 77.7 Å². The van der Waals surface area contributed by atoms with Gasteiger partial charge in [0.2, 0.25) is 6.39 Å². The first-order valence-corrected chi connectivity index (χ1v) is 7.25. The van der Waals surface area contributed by atoms with E-state index in [1.165, 1.54) is 6.39 Å². The summed E-state index contributed by atoms with van der Waals surface area (Å²) in [6.07, 6.45) is 3.96. The molecule has 0 fully saturated rings. The number of hydrogen-bond acceptors (Lipinski definition) is 5. The molecule has 6 heteroatoms. The minimum atomic E-state index is 0. The Morgan fingerprint density at radius 1 is 1.10 bits per heavy atom. The summed E-state index contributed by atoms with van der Waals surface area (Å²) < 4.78 is 9.68. The summed E-state index contributed by atoms with van der Waals surface area (Å²) in [5.74, 6) is 2.45. The molecule has 0 atom stereocenters. The van der Waals surface area contributed by atoms with Crippen molar-refractivity contribution in [3.8, 4) is 0 Å². The molecule has 0 amide bonds. The molecule has 0 saturated carbocycles. The largest absolute Gasteiger partial charge is 0.449 e. The molecule has 2 heterocycles. The van der Waals surface area contributed by atoms with Crippen molar-refractivity contribution < 1.29 is 27.5 Å². The van der Waals surface area contributed by atoms with E-state index in [9.17, 15) is 0 Å². The smallest absolute Gasteiger partial charge is 0.213 e. The second-order valence-electron chi connectivity index (χ2n) is 4.62. The van der Waals surface area contributed by atoms with Crippen molar-refractivity contribution in [3.63, 3.8) is 0 Å². The molecule has 0 aliphatic rings. The SMILES string of the molecule is CC.CC(C)c1ncon1.CCc1nc(C(C)C)co1.[V]. The molecular formula is C15H27N3O2V. The topological polar surface area (TPSA) is 65.0 Å². The van der Waals surface area contributed by atoms with Crippen molar-refractivity contribution >= 4 is 0 Å². The average Bonchev–Trinajstić information content (AvgIpc) is 3.13. The Balaban J connectivity index is 0. The Labute approximate surface area is 139 Å². The van der Waals surface area contributed by atoms with Crippen LogP contribution in [0.4, 0.5) is 0 Å². The number of rotatable bonds is 3. The molecule has 119 valence electrons. The van der Waals surface area contributed by atoms with Crippen LogP contribution in [0.2, 0.25) is 0 Å². The molecule has 5 nitrogen and oxygen atoms in total. The normalized spacial score (nSPS) is 9.38. The van der Waals surface area contributed by atoms with E-state index in [0.717, 1.165) is 23.8 Å². The van der Waals surface area contributed by atoms with Gasteiger partial charge in [-0.15, -0.1) is 0 Å². The first kappa shape index (κ1) is 22.2. The molecule has 0 spiro atoms. The average molecular weight is 332 g/mol. The summed E-state index contributed by atoms with van der Waals surface area (Å²) in [5.41, 5.74) is 1.05. The summed E-state index contributed by atoms with van der Waals surface area (Å²) >= 11 is 0. The van der Waals surface area contributed by atoms with E-state index in [0.29, 0.717) is 11.8 Å². The Morgan fingerprint density at radius 2 is 1.71 bits per heavy atom. The molecule has 0 aliphatic heterocycles. The third kappa shape index (κ3) is 8.73. The summed E-state index contributed by atoms with van der Waals surface area (Å²) in [4.78, 5) is 8.10. The summed E-state index contributed by atoms with van der Waals surface area (Å²) in [7, 11) is 0. The third-order valence-electron chi connectivity index (χ3n) is 2.36. The van der Waals surface area contributed by atoms with Gasteiger partial charge in [-0.2, -0.15) is 4.98 Å². The van der Waals surface area contributed by atoms with Crippen molar-refractivity contribution in [1.29, 1.82) is 0 Å². The third-order valence-corrected chi connectivity index (χ3v) is 2.36. The molecule has 0 aromatic carbocycles. The van der Waals surface area contributed by atoms with Gasteiger partial charge in [0.15, 0.2) is 11.7 Å². The van der Waals surface area contributed by atoms with Crippen molar-refractivity contribution in [2.45, 2.75) is 66.7 Å². The predicted octanol–water partition coefficient (Wildman–Crippen LogP) is 4.58. The molecular weight excluding hydrogens is 305 g/mol. The molecule has 2 aromatic rings. The van der Waals surface area contributed by atoms with Gasteiger partial charge in [-0.1, -0.05) is 53.6 Å². The number of oxazole rings is 1. The fraction of sp³-hybridized carbons (Fsp3) is 0.667. The Morgan fingerprint density at radius 3 is 1.95 bits per heavy atom.